The van der Waals surface area contributed by atoms with Gasteiger partial charge in [-0.15, -0.1) is 0 Å². The molecule has 0 bridgehead atoms. The van der Waals surface area contributed by atoms with Gasteiger partial charge in [-0.3, -0.25) is 0 Å². The minimum absolute atomic E-state index is 0.666. The second-order valence-electron chi connectivity index (χ2n) is 32.7. The molecule has 0 saturated heterocycles. The molecule has 25 rings (SSSR count). The van der Waals surface area contributed by atoms with Gasteiger partial charge in [0.1, 0.15) is 0 Å². The van der Waals surface area contributed by atoms with E-state index in [1.807, 2.05) is 0 Å². The zero-order valence-electron chi connectivity index (χ0n) is 65.1. The molecule has 0 atom stereocenters. The van der Waals surface area contributed by atoms with Gasteiger partial charge >= 0.3 is 0 Å². The van der Waals surface area contributed by atoms with Gasteiger partial charge in [-0.05, 0) is 275 Å². The minimum Gasteiger partial charge on any atom is -0.310 e. The molecule has 0 N–H and O–H groups in total. The summed E-state index contributed by atoms with van der Waals surface area (Å²) < 4.78 is 0. The molecule has 0 radical (unpaired) electrons. The maximum absolute atomic E-state index is 2.59. The van der Waals surface area contributed by atoms with E-state index in [0.717, 1.165) is 68.2 Å². The molecule has 4 heteroatoms. The summed E-state index contributed by atoms with van der Waals surface area (Å²) in [6.45, 7) is 0. The van der Waals surface area contributed by atoms with Crippen LogP contribution in [0.25, 0.3) is 140 Å². The summed E-state index contributed by atoms with van der Waals surface area (Å²) in [5.74, 6) is 0. The molecule has 0 aromatic heterocycles. The fraction of sp³-hybridized carbons (Fsp3) is 0.0261. The lowest BCUT2D eigenvalue weighted by atomic mass is 9.69. The third-order valence-electron chi connectivity index (χ3n) is 26.3. The number of para-hydroxylation sites is 4. The van der Waals surface area contributed by atoms with E-state index in [1.165, 1.54) is 163 Å². The Morgan fingerprint density at radius 1 is 0.160 bits per heavy atom. The third-order valence-corrected chi connectivity index (χ3v) is 26.3. The predicted molar refractivity (Wildman–Crippen MR) is 506 cm³/mol. The van der Waals surface area contributed by atoms with E-state index < -0.39 is 5.41 Å². The molecular formula is C115H74N4. The molecule has 0 amide bonds. The molecule has 0 heterocycles. The van der Waals surface area contributed by atoms with Crippen molar-refractivity contribution in [2.75, 3.05) is 19.6 Å². The summed E-state index contributed by atoms with van der Waals surface area (Å²) in [6.07, 6.45) is 1.33. The van der Waals surface area contributed by atoms with Crippen LogP contribution < -0.4 is 19.6 Å². The number of fused-ring (bicyclic) bond motifs is 3. The van der Waals surface area contributed by atoms with E-state index in [-0.39, 0.29) is 0 Å². The fourth-order valence-electron chi connectivity index (χ4n) is 21.1. The molecule has 554 valence electrons. The summed E-state index contributed by atoms with van der Waals surface area (Å²) in [6, 6.07) is 161. The van der Waals surface area contributed by atoms with Crippen molar-refractivity contribution in [1.29, 1.82) is 0 Å². The van der Waals surface area contributed by atoms with Crippen LogP contribution in [0.3, 0.4) is 0 Å². The van der Waals surface area contributed by atoms with Gasteiger partial charge in [-0.2, -0.15) is 0 Å². The lowest BCUT2D eigenvalue weighted by molar-refractivity contribution is 0.520. The molecule has 0 unspecified atom stereocenters. The van der Waals surface area contributed by atoms with Crippen molar-refractivity contribution < 1.29 is 0 Å². The quantitative estimate of drug-likeness (QED) is 0.0894. The van der Waals surface area contributed by atoms with Gasteiger partial charge in [0.05, 0.1) is 22.7 Å². The molecule has 0 spiro atoms. The molecular weight excluding hydrogens is 1440 g/mol. The summed E-state index contributed by atoms with van der Waals surface area (Å²) in [5.41, 5.74) is 20.0. The molecule has 0 saturated carbocycles. The van der Waals surface area contributed by atoms with Crippen LogP contribution in [0.15, 0.2) is 425 Å². The Kier molecular flexibility index (Phi) is 14.8. The first-order valence-corrected chi connectivity index (χ1v) is 41.5. The number of rotatable bonds is 16. The second-order valence-corrected chi connectivity index (χ2v) is 32.7. The molecule has 1 aliphatic rings. The number of anilines is 12. The summed E-state index contributed by atoms with van der Waals surface area (Å²) in [5, 5.41) is 30.1. The molecule has 1 aliphatic carbocycles. The number of benzene rings is 24. The van der Waals surface area contributed by atoms with Crippen molar-refractivity contribution in [2.24, 2.45) is 0 Å². The predicted octanol–water partition coefficient (Wildman–Crippen LogP) is 31.9. The minimum atomic E-state index is -0.716. The fourth-order valence-corrected chi connectivity index (χ4v) is 21.1. The smallest absolute Gasteiger partial charge is 0.0540 e. The monoisotopic (exact) mass is 1510 g/mol. The molecule has 4 nitrogen and oxygen atoms in total. The second kappa shape index (κ2) is 26.3. The van der Waals surface area contributed by atoms with Gasteiger partial charge in [-0.25, -0.2) is 0 Å². The van der Waals surface area contributed by atoms with E-state index in [0.29, 0.717) is 12.8 Å². The molecule has 0 fully saturated rings. The van der Waals surface area contributed by atoms with Crippen molar-refractivity contribution in [3.8, 4) is 11.1 Å². The van der Waals surface area contributed by atoms with Crippen LogP contribution in [0, 0.1) is 0 Å². The van der Waals surface area contributed by atoms with E-state index in [2.05, 4.69) is 444 Å². The third kappa shape index (κ3) is 10.4. The van der Waals surface area contributed by atoms with Crippen molar-refractivity contribution in [1.82, 2.24) is 0 Å². The van der Waals surface area contributed by atoms with Crippen molar-refractivity contribution in [3.63, 3.8) is 0 Å². The van der Waals surface area contributed by atoms with E-state index in [9.17, 15) is 0 Å². The highest BCUT2D eigenvalue weighted by Crippen LogP contribution is 2.58. The van der Waals surface area contributed by atoms with Crippen LogP contribution in [0.4, 0.5) is 68.2 Å². The average Bonchev–Trinajstić information content (AvgIpc) is 1.57. The molecule has 24 aromatic rings. The van der Waals surface area contributed by atoms with Gasteiger partial charge in [0.25, 0.3) is 0 Å². The van der Waals surface area contributed by atoms with Gasteiger partial charge in [-0.1, -0.05) is 303 Å². The summed E-state index contributed by atoms with van der Waals surface area (Å²) in [7, 11) is 0. The first kappa shape index (κ1) is 67.0. The van der Waals surface area contributed by atoms with Crippen LogP contribution in [0.1, 0.15) is 22.3 Å². The van der Waals surface area contributed by atoms with E-state index in [4.69, 9.17) is 0 Å². The first-order valence-electron chi connectivity index (χ1n) is 41.5. The zero-order valence-corrected chi connectivity index (χ0v) is 65.1. The first-order chi connectivity index (χ1) is 59.0. The van der Waals surface area contributed by atoms with Gasteiger partial charge in [0.2, 0.25) is 0 Å². The molecule has 119 heavy (non-hydrogen) atoms. The Labute approximate surface area is 688 Å². The standard InChI is InChI=1S/C115H74N4/c1-5-25-87(26-6-1)116(103-65-49-83-41-37-75-17-13-21-79-45-59-97(103)111(83)107(75)79)91-53-33-73(34-54-91)71-115(72-74-35-55-92(56-36-74)117(88-27-7-2-8-28-88)104-66-50-84-42-38-76-18-14-22-80-46-60-98(104)112(84)108(76)80)101-69-93(118(89-29-9-3-10-30-89)105-67-51-85-43-39-77-19-15-23-81-47-61-99(105)113(85)109(77)81)57-63-95(101)96-64-58-94(70-102(96)115)119(90-31-11-4-12-32-90)106-68-52-86-44-40-78-20-16-24-82-48-62-100(106)114(86)110(78)82/h1-70H,71-72H2. The summed E-state index contributed by atoms with van der Waals surface area (Å²) >= 11 is 0. The molecule has 24 aromatic carbocycles. The van der Waals surface area contributed by atoms with Gasteiger partial charge in [0.15, 0.2) is 0 Å². The zero-order chi connectivity index (χ0) is 78.0. The average molecular weight is 1510 g/mol. The van der Waals surface area contributed by atoms with Crippen LogP contribution in [-0.4, -0.2) is 0 Å². The maximum atomic E-state index is 2.59. The van der Waals surface area contributed by atoms with E-state index in [1.54, 1.807) is 0 Å². The SMILES string of the molecule is c1ccc(N(c2ccc(CC3(Cc4ccc(N(c5ccccc5)c5ccc6ccc7cccc8ccc5c6c78)cc4)c4cc(N(c5ccccc5)c5ccc6ccc7cccc8ccc5c6c78)ccc4-c4ccc(N(c5ccccc5)c5ccc6ccc7cccc8ccc5c6c78)cc43)cc2)c2ccc3ccc4cccc5ccc2c3c45)cc1. The Morgan fingerprint density at radius 3 is 0.630 bits per heavy atom. The lowest BCUT2D eigenvalue weighted by Gasteiger charge is -2.36. The van der Waals surface area contributed by atoms with E-state index >= 15 is 0 Å². The summed E-state index contributed by atoms with van der Waals surface area (Å²) in [4.78, 5) is 10.0. The normalized spacial score (nSPS) is 12.7. The Bertz CT molecular complexity index is 7560. The van der Waals surface area contributed by atoms with Crippen LogP contribution >= 0.6 is 0 Å². The van der Waals surface area contributed by atoms with Crippen molar-refractivity contribution in [2.45, 2.75) is 18.3 Å². The van der Waals surface area contributed by atoms with Crippen molar-refractivity contribution >= 4 is 198 Å². The highest BCUT2D eigenvalue weighted by atomic mass is 15.2. The number of hydrogen-bond acceptors (Lipinski definition) is 4. The number of nitrogens with zero attached hydrogens (tertiary/aromatic N) is 4. The van der Waals surface area contributed by atoms with Gasteiger partial charge < -0.3 is 19.6 Å². The van der Waals surface area contributed by atoms with Crippen LogP contribution in [0.2, 0.25) is 0 Å². The maximum Gasteiger partial charge on any atom is 0.0540 e. The topological polar surface area (TPSA) is 13.0 Å². The Hall–Kier alpha value is -15.4. The Morgan fingerprint density at radius 2 is 0.370 bits per heavy atom. The van der Waals surface area contributed by atoms with Crippen molar-refractivity contribution in [3.05, 3.63) is 447 Å². The number of hydrogen-bond donors (Lipinski definition) is 0. The van der Waals surface area contributed by atoms with Gasteiger partial charge in [0, 0.05) is 72.5 Å². The largest absolute Gasteiger partial charge is 0.310 e. The lowest BCUT2D eigenvalue weighted by Crippen LogP contribution is -2.31. The Balaban J connectivity index is 0.723. The van der Waals surface area contributed by atoms with Crippen LogP contribution in [-0.2, 0) is 18.3 Å². The highest BCUT2D eigenvalue weighted by molar-refractivity contribution is 6.30. The van der Waals surface area contributed by atoms with Crippen LogP contribution in [0.5, 0.6) is 0 Å². The highest BCUT2D eigenvalue weighted by Gasteiger charge is 2.45. The molecule has 0 aliphatic heterocycles.